The number of hydrogen-bond donors (Lipinski definition) is 0. The summed E-state index contributed by atoms with van der Waals surface area (Å²) in [5, 5.41) is 1.41. The Labute approximate surface area is 198 Å². The molecule has 0 N–H and O–H groups in total. The number of carbonyl (C=O) groups is 1. The average Bonchev–Trinajstić information content (AvgIpc) is 3.25. The summed E-state index contributed by atoms with van der Waals surface area (Å²) >= 11 is 18.5. The van der Waals surface area contributed by atoms with E-state index in [-0.39, 0.29) is 34.3 Å². The molecule has 1 amide bonds. The van der Waals surface area contributed by atoms with Crippen LogP contribution < -0.4 is 0 Å². The Bertz CT molecular complexity index is 1040. The minimum absolute atomic E-state index is 0.0153. The Morgan fingerprint density at radius 2 is 1.74 bits per heavy atom. The van der Waals surface area contributed by atoms with Crippen molar-refractivity contribution in [1.29, 1.82) is 0 Å². The summed E-state index contributed by atoms with van der Waals surface area (Å²) in [6, 6.07) is 6.45. The lowest BCUT2D eigenvalue weighted by Gasteiger charge is -2.36. The number of amides is 1. The van der Waals surface area contributed by atoms with Crippen molar-refractivity contribution < 1.29 is 13.2 Å². The molecule has 1 aliphatic carbocycles. The van der Waals surface area contributed by atoms with Crippen molar-refractivity contribution in [3.63, 3.8) is 0 Å². The predicted octanol–water partition coefficient (Wildman–Crippen LogP) is 5.14. The molecule has 0 bridgehead atoms. The Morgan fingerprint density at radius 1 is 1.00 bits per heavy atom. The van der Waals surface area contributed by atoms with Gasteiger partial charge >= 0.3 is 0 Å². The molecule has 2 saturated heterocycles. The fraction of sp³-hybridized carbons (Fsp3) is 0.500. The number of piperidine rings is 1. The minimum atomic E-state index is -3.75. The molecule has 2 heterocycles. The van der Waals surface area contributed by atoms with E-state index in [9.17, 15) is 13.2 Å². The molecule has 168 valence electrons. The van der Waals surface area contributed by atoms with Crippen LogP contribution in [0.2, 0.25) is 5.02 Å². The van der Waals surface area contributed by atoms with Crippen LogP contribution in [-0.2, 0) is 14.8 Å². The van der Waals surface area contributed by atoms with Crippen molar-refractivity contribution in [2.75, 3.05) is 19.6 Å². The molecule has 4 rings (SSSR count). The number of carbonyl (C=O) groups excluding carboxylic acids is 1. The van der Waals surface area contributed by atoms with Gasteiger partial charge in [-0.05, 0) is 62.3 Å². The third-order valence-electron chi connectivity index (χ3n) is 6.36. The smallest absolute Gasteiger partial charge is 0.244 e. The summed E-state index contributed by atoms with van der Waals surface area (Å²) in [6.07, 6.45) is 6.54. The second-order valence-corrected chi connectivity index (χ2v) is 11.5. The molecule has 2 fully saturated rings. The Morgan fingerprint density at radius 3 is 2.48 bits per heavy atom. The second-order valence-electron chi connectivity index (χ2n) is 8.29. The molecule has 0 radical (unpaired) electrons. The summed E-state index contributed by atoms with van der Waals surface area (Å²) < 4.78 is 27.7. The van der Waals surface area contributed by atoms with Gasteiger partial charge in [0.15, 0.2) is 0 Å². The first-order valence-electron chi connectivity index (χ1n) is 10.6. The van der Waals surface area contributed by atoms with Crippen molar-refractivity contribution in [2.45, 2.75) is 49.5 Å². The highest BCUT2D eigenvalue weighted by atomic mass is 35.5. The van der Waals surface area contributed by atoms with E-state index in [1.165, 1.54) is 10.4 Å². The van der Waals surface area contributed by atoms with E-state index in [4.69, 9.17) is 34.8 Å². The van der Waals surface area contributed by atoms with E-state index < -0.39 is 10.0 Å². The van der Waals surface area contributed by atoms with E-state index in [0.29, 0.717) is 42.4 Å². The topological polar surface area (TPSA) is 57.7 Å². The zero-order valence-electron chi connectivity index (χ0n) is 17.1. The largest absolute Gasteiger partial charge is 0.336 e. The Kier molecular flexibility index (Phi) is 7.04. The van der Waals surface area contributed by atoms with Gasteiger partial charge < -0.3 is 4.90 Å². The van der Waals surface area contributed by atoms with Gasteiger partial charge in [0.1, 0.15) is 4.90 Å². The average molecular weight is 504 g/mol. The van der Waals surface area contributed by atoms with Gasteiger partial charge in [-0.2, -0.15) is 4.31 Å². The fourth-order valence-electron chi connectivity index (χ4n) is 4.76. The van der Waals surface area contributed by atoms with Gasteiger partial charge in [-0.1, -0.05) is 46.9 Å². The molecule has 5 nitrogen and oxygen atoms in total. The molecule has 2 atom stereocenters. The first-order valence-corrected chi connectivity index (χ1v) is 13.2. The van der Waals surface area contributed by atoms with Gasteiger partial charge in [0.25, 0.3) is 0 Å². The van der Waals surface area contributed by atoms with Crippen LogP contribution in [0.5, 0.6) is 0 Å². The van der Waals surface area contributed by atoms with Crippen LogP contribution in [0.4, 0.5) is 0 Å². The third-order valence-corrected chi connectivity index (χ3v) is 9.55. The highest BCUT2D eigenvalue weighted by Crippen LogP contribution is 2.37. The lowest BCUT2D eigenvalue weighted by molar-refractivity contribution is -0.137. The zero-order valence-corrected chi connectivity index (χ0v) is 20.2. The maximum absolute atomic E-state index is 13.5. The van der Waals surface area contributed by atoms with Crippen molar-refractivity contribution in [1.82, 2.24) is 9.21 Å². The maximum atomic E-state index is 13.5. The van der Waals surface area contributed by atoms with Crippen molar-refractivity contribution in [3.8, 4) is 0 Å². The minimum Gasteiger partial charge on any atom is -0.336 e. The van der Waals surface area contributed by atoms with Gasteiger partial charge in [-0.15, -0.1) is 0 Å². The van der Waals surface area contributed by atoms with Gasteiger partial charge in [0.2, 0.25) is 15.9 Å². The molecule has 0 spiro atoms. The SMILES string of the molecule is O=C(C1CCCN(S(=O)(=O)c2ccccc2Cl)C1)N1CCCC1C1=CC(Cl)=C(Cl)CC1. The fourth-order valence-corrected chi connectivity index (χ4v) is 7.16. The highest BCUT2D eigenvalue weighted by Gasteiger charge is 2.39. The molecule has 31 heavy (non-hydrogen) atoms. The first-order chi connectivity index (χ1) is 14.8. The lowest BCUT2D eigenvalue weighted by atomic mass is 9.93. The van der Waals surface area contributed by atoms with Crippen LogP contribution in [0, 0.1) is 5.92 Å². The van der Waals surface area contributed by atoms with Crippen LogP contribution in [0.15, 0.2) is 50.9 Å². The first kappa shape index (κ1) is 23.1. The van der Waals surface area contributed by atoms with Crippen molar-refractivity contribution in [2.24, 2.45) is 5.92 Å². The monoisotopic (exact) mass is 502 g/mol. The van der Waals surface area contributed by atoms with E-state index in [0.717, 1.165) is 24.8 Å². The predicted molar refractivity (Wildman–Crippen MR) is 124 cm³/mol. The number of allylic oxidation sites excluding steroid dienone is 3. The third kappa shape index (κ3) is 4.69. The normalized spacial score (nSPS) is 25.6. The summed E-state index contributed by atoms with van der Waals surface area (Å²) in [7, 11) is -3.75. The van der Waals surface area contributed by atoms with Crippen LogP contribution in [0.25, 0.3) is 0 Å². The number of rotatable bonds is 4. The number of hydrogen-bond acceptors (Lipinski definition) is 3. The molecule has 0 aromatic heterocycles. The summed E-state index contributed by atoms with van der Waals surface area (Å²) in [4.78, 5) is 15.5. The Balaban J connectivity index is 1.51. The molecule has 2 unspecified atom stereocenters. The molecule has 3 aliphatic rings. The van der Waals surface area contributed by atoms with E-state index in [1.54, 1.807) is 18.2 Å². The number of nitrogens with zero attached hydrogens (tertiary/aromatic N) is 2. The summed E-state index contributed by atoms with van der Waals surface area (Å²) in [5.41, 5.74) is 1.14. The van der Waals surface area contributed by atoms with Gasteiger partial charge in [-0.25, -0.2) is 8.42 Å². The van der Waals surface area contributed by atoms with Crippen LogP contribution in [0.1, 0.15) is 38.5 Å². The van der Waals surface area contributed by atoms with Crippen molar-refractivity contribution in [3.05, 3.63) is 51.0 Å². The second kappa shape index (κ2) is 9.44. The highest BCUT2D eigenvalue weighted by molar-refractivity contribution is 7.89. The van der Waals surface area contributed by atoms with Gasteiger partial charge in [0, 0.05) is 24.7 Å². The summed E-state index contributed by atoms with van der Waals surface area (Å²) in [6.45, 7) is 1.26. The van der Waals surface area contributed by atoms with Crippen LogP contribution in [-0.4, -0.2) is 49.2 Å². The number of benzene rings is 1. The van der Waals surface area contributed by atoms with E-state index >= 15 is 0 Å². The van der Waals surface area contributed by atoms with Crippen LogP contribution in [0.3, 0.4) is 0 Å². The number of halogens is 3. The molecular formula is C22H25Cl3N2O3S. The van der Waals surface area contributed by atoms with Gasteiger partial charge in [-0.3, -0.25) is 4.79 Å². The van der Waals surface area contributed by atoms with Crippen molar-refractivity contribution >= 4 is 50.7 Å². The van der Waals surface area contributed by atoms with Crippen LogP contribution >= 0.6 is 34.8 Å². The summed E-state index contributed by atoms with van der Waals surface area (Å²) in [5.74, 6) is -0.329. The number of likely N-dealkylation sites (tertiary alicyclic amines) is 1. The lowest BCUT2D eigenvalue weighted by Crippen LogP contribution is -2.48. The molecule has 0 saturated carbocycles. The van der Waals surface area contributed by atoms with E-state index in [1.807, 2.05) is 11.0 Å². The van der Waals surface area contributed by atoms with E-state index in [2.05, 4.69) is 0 Å². The molecule has 1 aromatic rings. The Hall–Kier alpha value is -1.05. The quantitative estimate of drug-likeness (QED) is 0.571. The molecule has 1 aromatic carbocycles. The number of sulfonamides is 1. The zero-order chi connectivity index (χ0) is 22.2. The van der Waals surface area contributed by atoms with Gasteiger partial charge in [0.05, 0.1) is 22.0 Å². The molecular weight excluding hydrogens is 479 g/mol. The standard InChI is InChI=1S/C22H25Cl3N2O3S/c23-17-10-9-15(13-19(17)25)20-7-4-12-27(20)22(28)16-5-3-11-26(14-16)31(29,30)21-8-2-1-6-18(21)24/h1-2,6,8,13,16,20H,3-5,7,9-12,14H2. The molecule has 9 heteroatoms. The molecule has 2 aliphatic heterocycles. The maximum Gasteiger partial charge on any atom is 0.244 e.